The van der Waals surface area contributed by atoms with Gasteiger partial charge in [-0.1, -0.05) is 31.7 Å². The molecule has 1 aliphatic rings. The molecule has 2 aromatic rings. The van der Waals surface area contributed by atoms with E-state index in [9.17, 15) is 0 Å². The standard InChI is InChI=1S/C16H21N3S/c1-2-4-8-13(7-3-1)18-12-16-19-11-15(20-16)14-9-5-6-10-17-14/h5-6,9-11,13,18H,1-4,7-8,12H2. The van der Waals surface area contributed by atoms with Crippen LogP contribution in [0.2, 0.25) is 0 Å². The molecule has 0 unspecified atom stereocenters. The highest BCUT2D eigenvalue weighted by Crippen LogP contribution is 2.24. The van der Waals surface area contributed by atoms with E-state index < -0.39 is 0 Å². The summed E-state index contributed by atoms with van der Waals surface area (Å²) in [6.45, 7) is 0.891. The van der Waals surface area contributed by atoms with Gasteiger partial charge < -0.3 is 5.32 Å². The maximum atomic E-state index is 4.52. The minimum atomic E-state index is 0.680. The molecule has 1 aliphatic carbocycles. The normalized spacial score (nSPS) is 17.0. The smallest absolute Gasteiger partial charge is 0.107 e. The van der Waals surface area contributed by atoms with Crippen molar-refractivity contribution < 1.29 is 0 Å². The van der Waals surface area contributed by atoms with Gasteiger partial charge in [-0.3, -0.25) is 4.98 Å². The topological polar surface area (TPSA) is 37.8 Å². The van der Waals surface area contributed by atoms with Crippen LogP contribution in [0.3, 0.4) is 0 Å². The van der Waals surface area contributed by atoms with Gasteiger partial charge in [-0.2, -0.15) is 0 Å². The van der Waals surface area contributed by atoms with E-state index in [1.165, 1.54) is 38.5 Å². The molecular weight excluding hydrogens is 266 g/mol. The fraction of sp³-hybridized carbons (Fsp3) is 0.500. The molecule has 0 aromatic carbocycles. The van der Waals surface area contributed by atoms with Crippen molar-refractivity contribution in [3.63, 3.8) is 0 Å². The first kappa shape index (κ1) is 13.7. The lowest BCUT2D eigenvalue weighted by Gasteiger charge is -2.14. The molecule has 0 radical (unpaired) electrons. The van der Waals surface area contributed by atoms with Crippen molar-refractivity contribution in [3.05, 3.63) is 35.6 Å². The molecule has 106 valence electrons. The molecule has 3 nitrogen and oxygen atoms in total. The second-order valence-corrected chi connectivity index (χ2v) is 6.52. The van der Waals surface area contributed by atoms with Crippen molar-refractivity contribution in [3.8, 4) is 10.6 Å². The Morgan fingerprint density at radius 2 is 1.95 bits per heavy atom. The van der Waals surface area contributed by atoms with Crippen LogP contribution in [-0.4, -0.2) is 16.0 Å². The number of hydrogen-bond acceptors (Lipinski definition) is 4. The van der Waals surface area contributed by atoms with Gasteiger partial charge in [0.1, 0.15) is 5.01 Å². The fourth-order valence-corrected chi connectivity index (χ4v) is 3.58. The summed E-state index contributed by atoms with van der Waals surface area (Å²) in [4.78, 5) is 10.0. The molecule has 3 rings (SSSR count). The van der Waals surface area contributed by atoms with E-state index in [-0.39, 0.29) is 0 Å². The summed E-state index contributed by atoms with van der Waals surface area (Å²) in [5.74, 6) is 0. The molecule has 2 aromatic heterocycles. The average molecular weight is 287 g/mol. The van der Waals surface area contributed by atoms with Crippen LogP contribution in [0.1, 0.15) is 43.5 Å². The van der Waals surface area contributed by atoms with Crippen molar-refractivity contribution in [2.75, 3.05) is 0 Å². The van der Waals surface area contributed by atoms with Crippen LogP contribution in [0.25, 0.3) is 10.6 Å². The average Bonchev–Trinajstić information content (AvgIpc) is 2.82. The number of hydrogen-bond donors (Lipinski definition) is 1. The minimum absolute atomic E-state index is 0.680. The van der Waals surface area contributed by atoms with Gasteiger partial charge in [-0.15, -0.1) is 11.3 Å². The summed E-state index contributed by atoms with van der Waals surface area (Å²) in [5, 5.41) is 4.83. The van der Waals surface area contributed by atoms with Crippen LogP contribution in [0.5, 0.6) is 0 Å². The lowest BCUT2D eigenvalue weighted by molar-refractivity contribution is 0.458. The lowest BCUT2D eigenvalue weighted by atomic mass is 10.1. The molecule has 0 bridgehead atoms. The Labute approximate surface area is 124 Å². The zero-order valence-electron chi connectivity index (χ0n) is 11.7. The molecule has 1 N–H and O–H groups in total. The van der Waals surface area contributed by atoms with Gasteiger partial charge in [0.2, 0.25) is 0 Å². The van der Waals surface area contributed by atoms with E-state index >= 15 is 0 Å². The molecule has 1 fully saturated rings. The summed E-state index contributed by atoms with van der Waals surface area (Å²) in [7, 11) is 0. The molecule has 4 heteroatoms. The third kappa shape index (κ3) is 3.64. The Balaban J connectivity index is 1.57. The maximum Gasteiger partial charge on any atom is 0.107 e. The molecule has 20 heavy (non-hydrogen) atoms. The zero-order chi connectivity index (χ0) is 13.6. The first-order valence-corrected chi connectivity index (χ1v) is 8.33. The van der Waals surface area contributed by atoms with Gasteiger partial charge in [-0.05, 0) is 25.0 Å². The number of pyridine rings is 1. The number of rotatable bonds is 4. The number of thiazole rings is 1. The summed E-state index contributed by atoms with van der Waals surface area (Å²) < 4.78 is 0. The second kappa shape index (κ2) is 6.95. The van der Waals surface area contributed by atoms with Crippen molar-refractivity contribution in [1.82, 2.24) is 15.3 Å². The van der Waals surface area contributed by atoms with Gasteiger partial charge in [0.15, 0.2) is 0 Å². The molecule has 2 heterocycles. The van der Waals surface area contributed by atoms with E-state index in [0.29, 0.717) is 6.04 Å². The molecule has 0 atom stereocenters. The van der Waals surface area contributed by atoms with Crippen LogP contribution in [0.4, 0.5) is 0 Å². The largest absolute Gasteiger partial charge is 0.308 e. The first-order valence-electron chi connectivity index (χ1n) is 7.51. The molecule has 0 amide bonds. The predicted molar refractivity (Wildman–Crippen MR) is 83.7 cm³/mol. The highest BCUT2D eigenvalue weighted by molar-refractivity contribution is 7.15. The number of nitrogens with one attached hydrogen (secondary N) is 1. The van der Waals surface area contributed by atoms with Crippen LogP contribution in [0.15, 0.2) is 30.6 Å². The Hall–Kier alpha value is -1.26. The summed E-state index contributed by atoms with van der Waals surface area (Å²) >= 11 is 1.74. The summed E-state index contributed by atoms with van der Waals surface area (Å²) in [5.41, 5.74) is 1.02. The Morgan fingerprint density at radius 3 is 2.70 bits per heavy atom. The SMILES string of the molecule is c1ccc(-c2cnc(CNC3CCCCCC3)s2)nc1. The first-order chi connectivity index (χ1) is 9.92. The van der Waals surface area contributed by atoms with Crippen molar-refractivity contribution in [2.45, 2.75) is 51.1 Å². The zero-order valence-corrected chi connectivity index (χ0v) is 12.5. The third-order valence-corrected chi connectivity index (χ3v) is 4.89. The Kier molecular flexibility index (Phi) is 4.77. The van der Waals surface area contributed by atoms with Crippen LogP contribution in [0, 0.1) is 0 Å². The molecule has 0 spiro atoms. The predicted octanol–water partition coefficient (Wildman–Crippen LogP) is 4.02. The molecule has 0 aliphatic heterocycles. The highest BCUT2D eigenvalue weighted by atomic mass is 32.1. The van der Waals surface area contributed by atoms with Gasteiger partial charge in [0.25, 0.3) is 0 Å². The Bertz CT molecular complexity index is 516. The quantitative estimate of drug-likeness (QED) is 0.863. The van der Waals surface area contributed by atoms with Crippen molar-refractivity contribution in [1.29, 1.82) is 0 Å². The van der Waals surface area contributed by atoms with E-state index in [0.717, 1.165) is 22.1 Å². The lowest BCUT2D eigenvalue weighted by Crippen LogP contribution is -2.27. The second-order valence-electron chi connectivity index (χ2n) is 5.40. The third-order valence-electron chi connectivity index (χ3n) is 3.87. The summed E-state index contributed by atoms with van der Waals surface area (Å²) in [6, 6.07) is 6.68. The van der Waals surface area contributed by atoms with E-state index in [4.69, 9.17) is 0 Å². The van der Waals surface area contributed by atoms with Gasteiger partial charge >= 0.3 is 0 Å². The van der Waals surface area contributed by atoms with Gasteiger partial charge in [0, 0.05) is 25.0 Å². The fourth-order valence-electron chi connectivity index (χ4n) is 2.73. The summed E-state index contributed by atoms with van der Waals surface area (Å²) in [6.07, 6.45) is 12.0. The van der Waals surface area contributed by atoms with Crippen LogP contribution < -0.4 is 5.32 Å². The van der Waals surface area contributed by atoms with Crippen LogP contribution in [-0.2, 0) is 6.54 Å². The van der Waals surface area contributed by atoms with E-state index in [1.54, 1.807) is 11.3 Å². The van der Waals surface area contributed by atoms with Crippen LogP contribution >= 0.6 is 11.3 Å². The number of aromatic nitrogens is 2. The molecular formula is C16H21N3S. The van der Waals surface area contributed by atoms with Gasteiger partial charge in [0.05, 0.1) is 10.6 Å². The molecule has 1 saturated carbocycles. The minimum Gasteiger partial charge on any atom is -0.308 e. The monoisotopic (exact) mass is 287 g/mol. The Morgan fingerprint density at radius 1 is 1.10 bits per heavy atom. The van der Waals surface area contributed by atoms with E-state index in [1.807, 2.05) is 30.6 Å². The molecule has 0 saturated heterocycles. The van der Waals surface area contributed by atoms with E-state index in [2.05, 4.69) is 15.3 Å². The van der Waals surface area contributed by atoms with Gasteiger partial charge in [-0.25, -0.2) is 4.98 Å². The van der Waals surface area contributed by atoms with Crippen molar-refractivity contribution >= 4 is 11.3 Å². The highest BCUT2D eigenvalue weighted by Gasteiger charge is 2.12. The number of nitrogens with zero attached hydrogens (tertiary/aromatic N) is 2. The maximum absolute atomic E-state index is 4.52. The van der Waals surface area contributed by atoms with Crippen molar-refractivity contribution in [2.24, 2.45) is 0 Å².